The Bertz CT molecular complexity index is 1230. The first kappa shape index (κ1) is 16.6. The quantitative estimate of drug-likeness (QED) is 0.456. The molecule has 0 unspecified atom stereocenters. The fourth-order valence-corrected chi connectivity index (χ4v) is 3.89. The summed E-state index contributed by atoms with van der Waals surface area (Å²) in [6.07, 6.45) is 1.84. The Hall–Kier alpha value is -3.52. The van der Waals surface area contributed by atoms with E-state index in [1.807, 2.05) is 78.5 Å². The van der Waals surface area contributed by atoms with Gasteiger partial charge in [-0.15, -0.1) is 10.2 Å². The summed E-state index contributed by atoms with van der Waals surface area (Å²) in [6.45, 7) is 2.34. The third-order valence-electron chi connectivity index (χ3n) is 4.41. The van der Waals surface area contributed by atoms with Gasteiger partial charge in [-0.25, -0.2) is 4.68 Å². The number of fused-ring (bicyclic) bond motifs is 1. The van der Waals surface area contributed by atoms with Crippen molar-refractivity contribution < 1.29 is 4.74 Å². The standard InChI is InChI=1S/C20H16N6OS/c1-14-17(12-21-25(14)15-8-4-2-5-9-15)19-24-26-18(22-23-20(26)28-19)13-27-16-10-6-3-7-11-16/h2-12H,13H2,1H3. The number of aromatic nitrogens is 6. The SMILES string of the molecule is Cc1c(-c2nn3c(COc4ccccc4)nnc3s2)cnn1-c1ccccc1. The highest BCUT2D eigenvalue weighted by atomic mass is 32.1. The zero-order valence-electron chi connectivity index (χ0n) is 15.1. The van der Waals surface area contributed by atoms with Crippen LogP contribution in [0.4, 0.5) is 0 Å². The maximum Gasteiger partial charge on any atom is 0.235 e. The Morgan fingerprint density at radius 1 is 0.964 bits per heavy atom. The third-order valence-corrected chi connectivity index (χ3v) is 5.34. The van der Waals surface area contributed by atoms with E-state index >= 15 is 0 Å². The maximum absolute atomic E-state index is 5.78. The highest BCUT2D eigenvalue weighted by Gasteiger charge is 2.17. The Morgan fingerprint density at radius 2 is 1.71 bits per heavy atom. The highest BCUT2D eigenvalue weighted by Crippen LogP contribution is 2.29. The Kier molecular flexibility index (Phi) is 4.10. The molecule has 3 aromatic heterocycles. The van der Waals surface area contributed by atoms with Crippen LogP contribution in [-0.2, 0) is 6.61 Å². The van der Waals surface area contributed by atoms with E-state index in [-0.39, 0.29) is 0 Å². The van der Waals surface area contributed by atoms with Gasteiger partial charge in [0.2, 0.25) is 4.96 Å². The van der Waals surface area contributed by atoms with Crippen molar-refractivity contribution in [2.75, 3.05) is 0 Å². The summed E-state index contributed by atoms with van der Waals surface area (Å²) in [7, 11) is 0. The van der Waals surface area contributed by atoms with E-state index < -0.39 is 0 Å². The normalized spacial score (nSPS) is 11.2. The van der Waals surface area contributed by atoms with Gasteiger partial charge in [0.05, 0.1) is 23.1 Å². The molecule has 5 aromatic rings. The smallest absolute Gasteiger partial charge is 0.235 e. The molecule has 0 aliphatic heterocycles. The fourth-order valence-electron chi connectivity index (χ4n) is 2.97. The molecule has 7 nitrogen and oxygen atoms in total. The van der Waals surface area contributed by atoms with E-state index in [1.54, 1.807) is 4.52 Å². The number of nitrogens with zero attached hydrogens (tertiary/aromatic N) is 6. The Balaban J connectivity index is 1.45. The van der Waals surface area contributed by atoms with Crippen molar-refractivity contribution >= 4 is 16.3 Å². The summed E-state index contributed by atoms with van der Waals surface area (Å²) in [6, 6.07) is 19.7. The van der Waals surface area contributed by atoms with Crippen LogP contribution in [0, 0.1) is 6.92 Å². The average molecular weight is 388 g/mol. The van der Waals surface area contributed by atoms with Gasteiger partial charge in [0, 0.05) is 0 Å². The Morgan fingerprint density at radius 3 is 2.50 bits per heavy atom. The van der Waals surface area contributed by atoms with Crippen molar-refractivity contribution in [3.8, 4) is 22.0 Å². The summed E-state index contributed by atoms with van der Waals surface area (Å²) in [5.74, 6) is 1.45. The van der Waals surface area contributed by atoms with Gasteiger partial charge in [-0.1, -0.05) is 47.7 Å². The zero-order valence-corrected chi connectivity index (χ0v) is 15.9. The van der Waals surface area contributed by atoms with Gasteiger partial charge >= 0.3 is 0 Å². The molecule has 0 aliphatic rings. The molecule has 0 atom stereocenters. The molecule has 8 heteroatoms. The molecule has 0 bridgehead atoms. The molecule has 2 aromatic carbocycles. The monoisotopic (exact) mass is 388 g/mol. The molecule has 0 radical (unpaired) electrons. The second-order valence-electron chi connectivity index (χ2n) is 6.21. The molecule has 28 heavy (non-hydrogen) atoms. The van der Waals surface area contributed by atoms with Crippen molar-refractivity contribution in [2.45, 2.75) is 13.5 Å². The van der Waals surface area contributed by atoms with Crippen LogP contribution in [0.25, 0.3) is 21.2 Å². The lowest BCUT2D eigenvalue weighted by Crippen LogP contribution is -2.02. The highest BCUT2D eigenvalue weighted by molar-refractivity contribution is 7.19. The first-order valence-corrected chi connectivity index (χ1v) is 9.60. The molecule has 138 valence electrons. The first-order valence-electron chi connectivity index (χ1n) is 8.79. The lowest BCUT2D eigenvalue weighted by atomic mass is 10.2. The van der Waals surface area contributed by atoms with Crippen LogP contribution >= 0.6 is 11.3 Å². The molecule has 0 fully saturated rings. The number of hydrogen-bond donors (Lipinski definition) is 0. The molecule has 0 saturated carbocycles. The van der Waals surface area contributed by atoms with Crippen LogP contribution in [0.15, 0.2) is 66.9 Å². The van der Waals surface area contributed by atoms with Crippen LogP contribution in [-0.4, -0.2) is 29.6 Å². The second kappa shape index (κ2) is 6.90. The predicted octanol–water partition coefficient (Wildman–Crippen LogP) is 3.93. The van der Waals surface area contributed by atoms with Crippen LogP contribution in [0.2, 0.25) is 0 Å². The second-order valence-corrected chi connectivity index (χ2v) is 7.17. The predicted molar refractivity (Wildman–Crippen MR) is 107 cm³/mol. The summed E-state index contributed by atoms with van der Waals surface area (Å²) in [4.78, 5) is 0.730. The number of benzene rings is 2. The van der Waals surface area contributed by atoms with Crippen LogP contribution in [0.3, 0.4) is 0 Å². The van der Waals surface area contributed by atoms with Gasteiger partial charge in [-0.05, 0) is 31.2 Å². The van der Waals surface area contributed by atoms with Crippen molar-refractivity contribution in [3.05, 3.63) is 78.4 Å². The molecule has 5 rings (SSSR count). The van der Waals surface area contributed by atoms with Crippen LogP contribution in [0.1, 0.15) is 11.5 Å². The van der Waals surface area contributed by atoms with Crippen LogP contribution in [0.5, 0.6) is 5.75 Å². The molecule has 0 amide bonds. The van der Waals surface area contributed by atoms with E-state index in [9.17, 15) is 0 Å². The minimum atomic E-state index is 0.302. The van der Waals surface area contributed by atoms with Gasteiger partial charge in [0.25, 0.3) is 0 Å². The summed E-state index contributed by atoms with van der Waals surface area (Å²) >= 11 is 1.48. The average Bonchev–Trinajstić information content (AvgIpc) is 3.42. The van der Waals surface area contributed by atoms with Crippen molar-refractivity contribution in [1.82, 2.24) is 29.6 Å². The maximum atomic E-state index is 5.78. The van der Waals surface area contributed by atoms with Crippen molar-refractivity contribution in [1.29, 1.82) is 0 Å². The molecule has 0 saturated heterocycles. The van der Waals surface area contributed by atoms with E-state index in [2.05, 4.69) is 15.3 Å². The number of ether oxygens (including phenoxy) is 1. The molecule has 3 heterocycles. The van der Waals surface area contributed by atoms with Gasteiger partial charge in [-0.2, -0.15) is 14.7 Å². The number of para-hydroxylation sites is 2. The molecule has 0 spiro atoms. The zero-order chi connectivity index (χ0) is 18.9. The van der Waals surface area contributed by atoms with Crippen LogP contribution < -0.4 is 4.74 Å². The minimum absolute atomic E-state index is 0.302. The van der Waals surface area contributed by atoms with Crippen molar-refractivity contribution in [3.63, 3.8) is 0 Å². The Labute approximate surface area is 164 Å². The molecule has 0 N–H and O–H groups in total. The molecular weight excluding hydrogens is 372 g/mol. The van der Waals surface area contributed by atoms with Gasteiger partial charge < -0.3 is 4.74 Å². The number of rotatable bonds is 5. The summed E-state index contributed by atoms with van der Waals surface area (Å²) < 4.78 is 9.44. The first-order chi connectivity index (χ1) is 13.8. The summed E-state index contributed by atoms with van der Waals surface area (Å²) in [5, 5.41) is 18.5. The fraction of sp³-hybridized carbons (Fsp3) is 0.100. The largest absolute Gasteiger partial charge is 0.486 e. The van der Waals surface area contributed by atoms with E-state index in [0.717, 1.165) is 32.7 Å². The van der Waals surface area contributed by atoms with Gasteiger partial charge in [0.15, 0.2) is 10.8 Å². The lowest BCUT2D eigenvalue weighted by Gasteiger charge is -2.04. The lowest BCUT2D eigenvalue weighted by molar-refractivity contribution is 0.293. The third kappa shape index (κ3) is 2.93. The molecular formula is C20H16N6OS. The van der Waals surface area contributed by atoms with Gasteiger partial charge in [0.1, 0.15) is 12.4 Å². The minimum Gasteiger partial charge on any atom is -0.486 e. The molecule has 0 aliphatic carbocycles. The topological polar surface area (TPSA) is 70.1 Å². The summed E-state index contributed by atoms with van der Waals surface area (Å²) in [5.41, 5.74) is 3.03. The van der Waals surface area contributed by atoms with Crippen molar-refractivity contribution in [2.24, 2.45) is 0 Å². The van der Waals surface area contributed by atoms with Gasteiger partial charge in [-0.3, -0.25) is 0 Å². The van der Waals surface area contributed by atoms with E-state index in [0.29, 0.717) is 12.4 Å². The van der Waals surface area contributed by atoms with E-state index in [1.165, 1.54) is 11.3 Å². The van der Waals surface area contributed by atoms with E-state index in [4.69, 9.17) is 9.84 Å². The number of hydrogen-bond acceptors (Lipinski definition) is 6.